The molecule has 14 nitrogen and oxygen atoms in total. The molecule has 0 amide bonds. The summed E-state index contributed by atoms with van der Waals surface area (Å²) < 4.78 is 34.4. The van der Waals surface area contributed by atoms with Gasteiger partial charge in [0.2, 0.25) is 0 Å². The molecule has 0 bridgehead atoms. The molecule has 0 spiro atoms. The fourth-order valence-corrected chi connectivity index (χ4v) is 9.50. The van der Waals surface area contributed by atoms with Crippen LogP contribution in [0.4, 0.5) is 0 Å². The Morgan fingerprint density at radius 3 is 1.26 bits per heavy atom. The van der Waals surface area contributed by atoms with E-state index in [-0.39, 0.29) is 19.6 Å². The van der Waals surface area contributed by atoms with Crippen molar-refractivity contribution < 1.29 is 69.0 Å². The lowest BCUT2D eigenvalue weighted by molar-refractivity contribution is -0.332. The number of unbranched alkanes of at least 4 members (excludes halogenated alkanes) is 21. The first-order valence-corrected chi connectivity index (χ1v) is 31.8. The summed E-state index contributed by atoms with van der Waals surface area (Å²) in [6, 6.07) is 0. The highest BCUT2D eigenvalue weighted by atomic mass is 16.7. The largest absolute Gasteiger partial charge is 0.457 e. The van der Waals surface area contributed by atoms with Crippen LogP contribution >= 0.6 is 0 Å². The first kappa shape index (κ1) is 74.0. The average molecular weight is 1140 g/mol. The molecule has 2 rings (SSSR count). The summed E-state index contributed by atoms with van der Waals surface area (Å²) in [5.41, 5.74) is 0. The number of aliphatic hydroxyl groups excluding tert-OH is 7. The fraction of sp³-hybridized carbons (Fsp3) is 0.746. The minimum Gasteiger partial charge on any atom is -0.457 e. The highest BCUT2D eigenvalue weighted by molar-refractivity contribution is 5.69. The number of hydrogen-bond donors (Lipinski definition) is 7. The molecule has 11 atom stereocenters. The van der Waals surface area contributed by atoms with Crippen molar-refractivity contribution in [1.29, 1.82) is 0 Å². The van der Waals surface area contributed by atoms with Crippen LogP contribution in [-0.2, 0) is 33.2 Å². The van der Waals surface area contributed by atoms with E-state index in [1.807, 2.05) is 0 Å². The predicted octanol–water partition coefficient (Wildman–Crippen LogP) is 12.5. The Kier molecular flexibility index (Phi) is 47.9. The summed E-state index contributed by atoms with van der Waals surface area (Å²) >= 11 is 0. The zero-order chi connectivity index (χ0) is 58.6. The van der Waals surface area contributed by atoms with Gasteiger partial charge >= 0.3 is 5.97 Å². The maximum absolute atomic E-state index is 13.1. The summed E-state index contributed by atoms with van der Waals surface area (Å²) in [5.74, 6) is -0.402. The third-order valence-electron chi connectivity index (χ3n) is 14.6. The summed E-state index contributed by atoms with van der Waals surface area (Å²) in [6.07, 6.45) is 54.6. The van der Waals surface area contributed by atoms with Gasteiger partial charge in [0.05, 0.1) is 26.4 Å². The third kappa shape index (κ3) is 38.5. The van der Waals surface area contributed by atoms with Gasteiger partial charge in [-0.15, -0.1) is 0 Å². The number of aliphatic hydroxyl groups is 7. The molecule has 2 heterocycles. The van der Waals surface area contributed by atoms with Gasteiger partial charge in [-0.1, -0.05) is 214 Å². The van der Waals surface area contributed by atoms with Crippen molar-refractivity contribution in [2.24, 2.45) is 0 Å². The van der Waals surface area contributed by atoms with Gasteiger partial charge in [0, 0.05) is 13.0 Å². The Morgan fingerprint density at radius 2 is 0.802 bits per heavy atom. The molecule has 2 saturated heterocycles. The zero-order valence-electron chi connectivity index (χ0n) is 50.2. The number of rotatable bonds is 51. The molecule has 11 unspecified atom stereocenters. The predicted molar refractivity (Wildman–Crippen MR) is 325 cm³/mol. The molecular weight excluding hydrogens is 1030 g/mol. The topological polar surface area (TPSA) is 214 Å². The second-order valence-electron chi connectivity index (χ2n) is 21.8. The van der Waals surface area contributed by atoms with Crippen LogP contribution in [0.5, 0.6) is 0 Å². The van der Waals surface area contributed by atoms with Crippen LogP contribution < -0.4 is 0 Å². The number of carbonyl (C=O) groups is 1. The van der Waals surface area contributed by atoms with E-state index in [0.717, 1.165) is 89.9 Å². The molecule has 0 aromatic rings. The minimum absolute atomic E-state index is 0.0446. The average Bonchev–Trinajstić information content (AvgIpc) is 3.46. The van der Waals surface area contributed by atoms with Crippen molar-refractivity contribution >= 4 is 5.97 Å². The smallest absolute Gasteiger partial charge is 0.306 e. The van der Waals surface area contributed by atoms with Gasteiger partial charge in [-0.2, -0.15) is 0 Å². The molecular formula is C67H114O14. The van der Waals surface area contributed by atoms with Crippen LogP contribution in [0.2, 0.25) is 0 Å². The molecule has 0 saturated carbocycles. The Hall–Kier alpha value is -3.09. The van der Waals surface area contributed by atoms with Crippen molar-refractivity contribution in [2.45, 2.75) is 287 Å². The molecule has 2 aliphatic heterocycles. The second-order valence-corrected chi connectivity index (χ2v) is 21.8. The quantitative estimate of drug-likeness (QED) is 0.0172. The normalized spacial score (nSPS) is 24.4. The van der Waals surface area contributed by atoms with Crippen molar-refractivity contribution in [3.8, 4) is 0 Å². The fourth-order valence-electron chi connectivity index (χ4n) is 9.50. The van der Waals surface area contributed by atoms with E-state index in [4.69, 9.17) is 28.4 Å². The summed E-state index contributed by atoms with van der Waals surface area (Å²) in [5, 5.41) is 72.5. The molecule has 7 N–H and O–H groups in total. The highest BCUT2D eigenvalue weighted by Gasteiger charge is 2.47. The molecule has 0 aliphatic carbocycles. The summed E-state index contributed by atoms with van der Waals surface area (Å²) in [6.45, 7) is 3.53. The lowest BCUT2D eigenvalue weighted by Crippen LogP contribution is -2.61. The second kappa shape index (κ2) is 52.5. The molecule has 0 aromatic heterocycles. The summed E-state index contributed by atoms with van der Waals surface area (Å²) in [7, 11) is 0. The zero-order valence-corrected chi connectivity index (χ0v) is 50.2. The monoisotopic (exact) mass is 1140 g/mol. The first-order chi connectivity index (χ1) is 39.6. The Bertz CT molecular complexity index is 1710. The van der Waals surface area contributed by atoms with Crippen LogP contribution in [0.3, 0.4) is 0 Å². The van der Waals surface area contributed by atoms with E-state index in [9.17, 15) is 40.5 Å². The van der Waals surface area contributed by atoms with Crippen LogP contribution in [0.1, 0.15) is 219 Å². The standard InChI is InChI=1S/C67H114O14/c1-3-5-7-9-11-13-15-17-19-21-23-25-27-29-31-33-35-37-39-41-43-45-47-49-51-76-53-56(54-77-66-65(75)63(73)61(71)58(81-66)55-78-67-64(74)62(72)60(70)57(52-68)80-67)79-59(69)50-48-46-44-42-40-38-36-34-32-30-28-26-24-22-20-18-16-14-12-10-8-6-4-2/h6,8,12,14-15,17-18,20-21,23-24,26,30,32,36,38,56-58,60-68,70-75H,3-5,7,9-11,13,16,19,22,25,27-29,31,33-35,37,39-55H2,1-2H3/b8-6-,14-12-,17-15-,20-18-,23-21-,26-24-,32-30-,38-36-. The molecule has 2 fully saturated rings. The van der Waals surface area contributed by atoms with E-state index in [1.165, 1.54) is 103 Å². The van der Waals surface area contributed by atoms with Crippen molar-refractivity contribution in [3.05, 3.63) is 97.2 Å². The number of ether oxygens (including phenoxy) is 6. The van der Waals surface area contributed by atoms with Crippen molar-refractivity contribution in [2.75, 3.05) is 33.0 Å². The van der Waals surface area contributed by atoms with Gasteiger partial charge in [0.15, 0.2) is 12.6 Å². The lowest BCUT2D eigenvalue weighted by Gasteiger charge is -2.42. The number of esters is 1. The SMILES string of the molecule is CC/C=C\C/C=C\C/C=C\C/C=C\C/C=C\C/C=C\CCCCCCC(=O)OC(COCCCCCCCCCCCCCC/C=C\C/C=C\CCCCCCC)COC1OC(COC2OC(CO)C(O)C(O)C2O)C(O)C(O)C1O. The van der Waals surface area contributed by atoms with Gasteiger partial charge in [0.25, 0.3) is 0 Å². The van der Waals surface area contributed by atoms with E-state index < -0.39 is 86.7 Å². The first-order valence-electron chi connectivity index (χ1n) is 31.8. The van der Waals surface area contributed by atoms with Crippen molar-refractivity contribution in [1.82, 2.24) is 0 Å². The van der Waals surface area contributed by atoms with Gasteiger partial charge in [-0.05, 0) is 96.3 Å². The van der Waals surface area contributed by atoms with Gasteiger partial charge < -0.3 is 64.2 Å². The molecule has 0 aromatic carbocycles. The Labute approximate surface area is 490 Å². The maximum atomic E-state index is 13.1. The number of hydrogen-bond acceptors (Lipinski definition) is 14. The maximum Gasteiger partial charge on any atom is 0.306 e. The van der Waals surface area contributed by atoms with E-state index in [0.29, 0.717) is 13.0 Å². The van der Waals surface area contributed by atoms with Gasteiger partial charge in [0.1, 0.15) is 54.9 Å². The molecule has 14 heteroatoms. The van der Waals surface area contributed by atoms with Gasteiger partial charge in [-0.25, -0.2) is 0 Å². The van der Waals surface area contributed by atoms with Crippen LogP contribution in [0.25, 0.3) is 0 Å². The molecule has 81 heavy (non-hydrogen) atoms. The van der Waals surface area contributed by atoms with Crippen LogP contribution in [-0.4, -0.2) is 142 Å². The molecule has 2 aliphatic rings. The van der Waals surface area contributed by atoms with Gasteiger partial charge in [-0.3, -0.25) is 4.79 Å². The summed E-state index contributed by atoms with van der Waals surface area (Å²) in [4.78, 5) is 13.1. The molecule has 466 valence electrons. The number of allylic oxidation sites excluding steroid dienone is 16. The van der Waals surface area contributed by atoms with Crippen molar-refractivity contribution in [3.63, 3.8) is 0 Å². The van der Waals surface area contributed by atoms with Crippen LogP contribution in [0.15, 0.2) is 97.2 Å². The lowest BCUT2D eigenvalue weighted by atomic mass is 9.98. The number of carbonyl (C=O) groups excluding carboxylic acids is 1. The van der Waals surface area contributed by atoms with E-state index in [2.05, 4.69) is 111 Å². The molecule has 0 radical (unpaired) electrons. The third-order valence-corrected chi connectivity index (χ3v) is 14.6. The van der Waals surface area contributed by atoms with Crippen LogP contribution in [0, 0.1) is 0 Å². The highest BCUT2D eigenvalue weighted by Crippen LogP contribution is 2.27. The van der Waals surface area contributed by atoms with E-state index in [1.54, 1.807) is 0 Å². The minimum atomic E-state index is -1.72. The van der Waals surface area contributed by atoms with E-state index >= 15 is 0 Å². The Morgan fingerprint density at radius 1 is 0.420 bits per heavy atom. The Balaban J connectivity index is 1.70.